The van der Waals surface area contributed by atoms with Crippen molar-refractivity contribution in [2.24, 2.45) is 0 Å². The minimum Gasteiger partial charge on any atom is -0.366 e. The van der Waals surface area contributed by atoms with E-state index in [1.807, 2.05) is 6.26 Å². The summed E-state index contributed by atoms with van der Waals surface area (Å²) in [6, 6.07) is 2.07. The average Bonchev–Trinajstić information content (AvgIpc) is 2.52. The second-order valence-corrected chi connectivity index (χ2v) is 3.34. The molecule has 0 aromatic carbocycles. The third kappa shape index (κ3) is 2.16. The smallest absolute Gasteiger partial charge is 0.0939 e. The zero-order valence-corrected chi connectivity index (χ0v) is 7.52. The summed E-state index contributed by atoms with van der Waals surface area (Å²) in [5.74, 6) is 0. The fraction of sp³-hybridized carbons (Fsp3) is 0.625. The normalized spacial score (nSPS) is 18.5. The van der Waals surface area contributed by atoms with Crippen molar-refractivity contribution in [1.29, 1.82) is 5.26 Å². The number of nitriles is 1. The van der Waals surface area contributed by atoms with Crippen LogP contribution in [0.25, 0.3) is 0 Å². The minimum atomic E-state index is 1.12. The first-order valence-electron chi connectivity index (χ1n) is 3.77. The largest absolute Gasteiger partial charge is 0.366 e. The number of nitrogens with zero attached hydrogens (tertiary/aromatic N) is 2. The van der Waals surface area contributed by atoms with E-state index in [1.165, 1.54) is 12.8 Å². The Morgan fingerprint density at radius 2 is 2.18 bits per heavy atom. The van der Waals surface area contributed by atoms with Crippen LogP contribution in [0.15, 0.2) is 11.1 Å². The van der Waals surface area contributed by atoms with Gasteiger partial charge in [0, 0.05) is 19.2 Å². The lowest BCUT2D eigenvalue weighted by molar-refractivity contribution is 0.457. The molecule has 0 spiro atoms. The van der Waals surface area contributed by atoms with Crippen LogP contribution < -0.4 is 0 Å². The average molecular weight is 168 g/mol. The summed E-state index contributed by atoms with van der Waals surface area (Å²) >= 11 is 1.66. The van der Waals surface area contributed by atoms with Crippen LogP contribution in [-0.4, -0.2) is 24.2 Å². The lowest BCUT2D eigenvalue weighted by atomic mass is 10.4. The molecule has 0 N–H and O–H groups in total. The Morgan fingerprint density at radius 3 is 2.64 bits per heavy atom. The van der Waals surface area contributed by atoms with Gasteiger partial charge in [-0.05, 0) is 19.1 Å². The van der Waals surface area contributed by atoms with Crippen LogP contribution >= 0.6 is 11.8 Å². The molecule has 0 aromatic heterocycles. The van der Waals surface area contributed by atoms with Crippen molar-refractivity contribution in [1.82, 2.24) is 4.90 Å². The van der Waals surface area contributed by atoms with Crippen molar-refractivity contribution in [2.75, 3.05) is 19.3 Å². The first kappa shape index (κ1) is 8.48. The van der Waals surface area contributed by atoms with Crippen molar-refractivity contribution < 1.29 is 0 Å². The lowest BCUT2D eigenvalue weighted by Crippen LogP contribution is -2.16. The van der Waals surface area contributed by atoms with Crippen LogP contribution in [0.4, 0.5) is 0 Å². The summed E-state index contributed by atoms with van der Waals surface area (Å²) < 4.78 is 0. The van der Waals surface area contributed by atoms with Crippen LogP contribution in [0.3, 0.4) is 0 Å². The molecule has 0 radical (unpaired) electrons. The van der Waals surface area contributed by atoms with E-state index in [1.54, 1.807) is 17.8 Å². The summed E-state index contributed by atoms with van der Waals surface area (Å²) in [7, 11) is 0. The summed E-state index contributed by atoms with van der Waals surface area (Å²) in [6.45, 7) is 2.24. The van der Waals surface area contributed by atoms with Gasteiger partial charge in [-0.15, -0.1) is 11.8 Å². The van der Waals surface area contributed by atoms with Crippen molar-refractivity contribution in [3.63, 3.8) is 0 Å². The molecule has 0 saturated carbocycles. The number of allylic oxidation sites excluding steroid dienone is 1. The summed E-state index contributed by atoms with van der Waals surface area (Å²) in [4.78, 5) is 2.27. The van der Waals surface area contributed by atoms with Crippen LogP contribution in [0.5, 0.6) is 0 Å². The highest BCUT2D eigenvalue weighted by Gasteiger charge is 2.13. The highest BCUT2D eigenvalue weighted by Crippen LogP contribution is 2.21. The number of hydrogen-bond donors (Lipinski definition) is 0. The second-order valence-electron chi connectivity index (χ2n) is 2.51. The van der Waals surface area contributed by atoms with Gasteiger partial charge >= 0.3 is 0 Å². The maximum absolute atomic E-state index is 8.46. The molecule has 1 aliphatic rings. The first-order chi connectivity index (χ1) is 5.38. The van der Waals surface area contributed by atoms with Gasteiger partial charge in [0.25, 0.3) is 0 Å². The SMILES string of the molecule is CS/C(=C\C#N)N1CCCC1. The van der Waals surface area contributed by atoms with Crippen LogP contribution in [0.2, 0.25) is 0 Å². The highest BCUT2D eigenvalue weighted by atomic mass is 32.2. The Balaban J connectivity index is 2.55. The van der Waals surface area contributed by atoms with Crippen molar-refractivity contribution >= 4 is 11.8 Å². The van der Waals surface area contributed by atoms with Gasteiger partial charge in [0.15, 0.2) is 0 Å². The number of likely N-dealkylation sites (tertiary alicyclic amines) is 1. The summed E-state index contributed by atoms with van der Waals surface area (Å²) in [5, 5.41) is 9.58. The van der Waals surface area contributed by atoms with Gasteiger partial charge in [0.05, 0.1) is 11.1 Å². The Morgan fingerprint density at radius 1 is 1.55 bits per heavy atom. The predicted molar refractivity (Wildman–Crippen MR) is 48.0 cm³/mol. The molecule has 11 heavy (non-hydrogen) atoms. The van der Waals surface area contributed by atoms with Gasteiger partial charge in [0.2, 0.25) is 0 Å². The molecule has 0 atom stereocenters. The Bertz CT molecular complexity index is 187. The van der Waals surface area contributed by atoms with Crippen molar-refractivity contribution in [3.05, 3.63) is 11.1 Å². The van der Waals surface area contributed by atoms with Crippen molar-refractivity contribution in [3.8, 4) is 6.07 Å². The fourth-order valence-corrected chi connectivity index (χ4v) is 1.88. The van der Waals surface area contributed by atoms with Crippen LogP contribution in [-0.2, 0) is 0 Å². The highest BCUT2D eigenvalue weighted by molar-refractivity contribution is 8.02. The molecule has 1 rings (SSSR count). The van der Waals surface area contributed by atoms with E-state index in [9.17, 15) is 0 Å². The molecule has 1 fully saturated rings. The molecule has 3 heteroatoms. The number of thioether (sulfide) groups is 1. The Labute approximate surface area is 71.9 Å². The van der Waals surface area contributed by atoms with E-state index in [-0.39, 0.29) is 0 Å². The lowest BCUT2D eigenvalue weighted by Gasteiger charge is -2.17. The molecule has 0 bridgehead atoms. The molecule has 1 aliphatic heterocycles. The number of rotatable bonds is 2. The van der Waals surface area contributed by atoms with E-state index in [4.69, 9.17) is 5.26 Å². The zero-order valence-electron chi connectivity index (χ0n) is 6.71. The number of hydrogen-bond acceptors (Lipinski definition) is 3. The predicted octanol–water partition coefficient (Wildman–Crippen LogP) is 1.81. The van der Waals surface area contributed by atoms with E-state index in [0.29, 0.717) is 0 Å². The van der Waals surface area contributed by atoms with Crippen LogP contribution in [0, 0.1) is 11.3 Å². The maximum Gasteiger partial charge on any atom is 0.0939 e. The first-order valence-corrected chi connectivity index (χ1v) is 4.99. The topological polar surface area (TPSA) is 27.0 Å². The van der Waals surface area contributed by atoms with Gasteiger partial charge < -0.3 is 4.90 Å². The minimum absolute atomic E-state index is 1.12. The summed E-state index contributed by atoms with van der Waals surface area (Å²) in [5.41, 5.74) is 0. The van der Waals surface area contributed by atoms with Gasteiger partial charge in [-0.3, -0.25) is 0 Å². The monoisotopic (exact) mass is 168 g/mol. The summed E-state index contributed by atoms with van der Waals surface area (Å²) in [6.07, 6.45) is 6.18. The molecule has 1 saturated heterocycles. The molecule has 0 amide bonds. The van der Waals surface area contributed by atoms with Gasteiger partial charge in [-0.1, -0.05) is 0 Å². The zero-order chi connectivity index (χ0) is 8.10. The van der Waals surface area contributed by atoms with Crippen LogP contribution in [0.1, 0.15) is 12.8 Å². The molecule has 2 nitrogen and oxygen atoms in total. The molecule has 0 unspecified atom stereocenters. The van der Waals surface area contributed by atoms with Gasteiger partial charge in [-0.2, -0.15) is 5.26 Å². The van der Waals surface area contributed by atoms with E-state index in [2.05, 4.69) is 11.0 Å². The van der Waals surface area contributed by atoms with E-state index >= 15 is 0 Å². The standard InChI is InChI=1S/C8H12N2S/c1-11-8(4-5-9)10-6-2-3-7-10/h4H,2-3,6-7H2,1H3/b8-4-. The molecule has 0 aromatic rings. The van der Waals surface area contributed by atoms with Gasteiger partial charge in [-0.25, -0.2) is 0 Å². The quantitative estimate of drug-likeness (QED) is 0.588. The molecule has 1 heterocycles. The third-order valence-electron chi connectivity index (χ3n) is 1.81. The van der Waals surface area contributed by atoms with E-state index < -0.39 is 0 Å². The second kappa shape index (κ2) is 4.30. The Kier molecular flexibility index (Phi) is 3.31. The van der Waals surface area contributed by atoms with Gasteiger partial charge in [0.1, 0.15) is 0 Å². The van der Waals surface area contributed by atoms with E-state index in [0.717, 1.165) is 18.1 Å². The van der Waals surface area contributed by atoms with Crippen molar-refractivity contribution in [2.45, 2.75) is 12.8 Å². The Hall–Kier alpha value is -0.620. The fourth-order valence-electron chi connectivity index (χ4n) is 1.27. The third-order valence-corrected chi connectivity index (χ3v) is 2.61. The molecule has 60 valence electrons. The molecular weight excluding hydrogens is 156 g/mol. The molecule has 0 aliphatic carbocycles. The maximum atomic E-state index is 8.46. The molecular formula is C8H12N2S.